The number of nitrogens with one attached hydrogen (secondary N) is 1. The summed E-state index contributed by atoms with van der Waals surface area (Å²) in [7, 11) is 2.02. The van der Waals surface area contributed by atoms with Crippen LogP contribution >= 0.6 is 36.2 Å². The Balaban J connectivity index is 0.00000156. The maximum atomic E-state index is 12.5. The molecule has 1 aromatic rings. The molecule has 2 fully saturated rings. The first kappa shape index (κ1) is 22.7. The van der Waals surface area contributed by atoms with Crippen molar-refractivity contribution in [2.45, 2.75) is 25.4 Å². The molecule has 0 saturated carbocycles. The van der Waals surface area contributed by atoms with Crippen molar-refractivity contribution in [3.8, 4) is 0 Å². The molecule has 0 spiro atoms. The predicted molar refractivity (Wildman–Crippen MR) is 109 cm³/mol. The normalized spacial score (nSPS) is 22.1. The van der Waals surface area contributed by atoms with Gasteiger partial charge in [0, 0.05) is 50.2 Å². The number of carbonyl (C=O) groups is 1. The van der Waals surface area contributed by atoms with Crippen LogP contribution in [0.2, 0.25) is 0 Å². The van der Waals surface area contributed by atoms with Gasteiger partial charge in [-0.3, -0.25) is 14.6 Å². The van der Waals surface area contributed by atoms with Crippen molar-refractivity contribution in [2.75, 3.05) is 52.9 Å². The molecule has 144 valence electrons. The standard InChI is InChI=1S/C17H28N4OS.2ClH/c1-18-15-4-2-6-20(12-15)14-17(22)21-9-7-19(8-10-21)13-16-5-3-11-23-16;;/h3,5,11,15,18H,2,4,6-10,12-14H2,1H3;2*1H. The van der Waals surface area contributed by atoms with Gasteiger partial charge < -0.3 is 10.2 Å². The van der Waals surface area contributed by atoms with Crippen LogP contribution in [0.1, 0.15) is 17.7 Å². The molecule has 3 rings (SSSR count). The first-order chi connectivity index (χ1) is 11.2. The molecule has 0 aliphatic carbocycles. The molecule has 3 heterocycles. The second-order valence-electron chi connectivity index (χ2n) is 6.60. The van der Waals surface area contributed by atoms with Crippen LogP contribution in [0, 0.1) is 0 Å². The third kappa shape index (κ3) is 6.70. The molecule has 1 aromatic heterocycles. The van der Waals surface area contributed by atoms with Crippen molar-refractivity contribution in [1.29, 1.82) is 0 Å². The number of hydrogen-bond acceptors (Lipinski definition) is 5. The largest absolute Gasteiger partial charge is 0.339 e. The number of rotatable bonds is 5. The Labute approximate surface area is 167 Å². The van der Waals surface area contributed by atoms with Gasteiger partial charge in [0.25, 0.3) is 0 Å². The van der Waals surface area contributed by atoms with E-state index in [1.807, 2.05) is 23.3 Å². The number of nitrogens with zero attached hydrogens (tertiary/aromatic N) is 3. The highest BCUT2D eigenvalue weighted by Crippen LogP contribution is 2.14. The van der Waals surface area contributed by atoms with Gasteiger partial charge in [0.1, 0.15) is 0 Å². The molecule has 1 amide bonds. The summed E-state index contributed by atoms with van der Waals surface area (Å²) < 4.78 is 0. The van der Waals surface area contributed by atoms with Gasteiger partial charge in [0.15, 0.2) is 0 Å². The fourth-order valence-electron chi connectivity index (χ4n) is 3.50. The Morgan fingerprint density at radius 2 is 1.96 bits per heavy atom. The average molecular weight is 409 g/mol. The highest BCUT2D eigenvalue weighted by atomic mass is 35.5. The van der Waals surface area contributed by atoms with Crippen LogP contribution in [0.15, 0.2) is 17.5 Å². The topological polar surface area (TPSA) is 38.8 Å². The zero-order valence-corrected chi connectivity index (χ0v) is 17.3. The smallest absolute Gasteiger partial charge is 0.236 e. The molecule has 5 nitrogen and oxygen atoms in total. The van der Waals surface area contributed by atoms with Gasteiger partial charge >= 0.3 is 0 Å². The van der Waals surface area contributed by atoms with E-state index in [0.29, 0.717) is 18.5 Å². The second-order valence-corrected chi connectivity index (χ2v) is 7.63. The lowest BCUT2D eigenvalue weighted by Gasteiger charge is -2.37. The molecule has 0 aromatic carbocycles. The average Bonchev–Trinajstić information content (AvgIpc) is 3.08. The van der Waals surface area contributed by atoms with E-state index in [0.717, 1.165) is 45.8 Å². The van der Waals surface area contributed by atoms with Crippen LogP contribution in [0.25, 0.3) is 0 Å². The lowest BCUT2D eigenvalue weighted by atomic mass is 10.1. The lowest BCUT2D eigenvalue weighted by Crippen LogP contribution is -2.53. The van der Waals surface area contributed by atoms with Crippen molar-refractivity contribution in [1.82, 2.24) is 20.0 Å². The van der Waals surface area contributed by atoms with E-state index in [9.17, 15) is 4.79 Å². The van der Waals surface area contributed by atoms with Crippen LogP contribution < -0.4 is 5.32 Å². The molecular weight excluding hydrogens is 379 g/mol. The van der Waals surface area contributed by atoms with Crippen molar-refractivity contribution in [2.24, 2.45) is 0 Å². The van der Waals surface area contributed by atoms with Gasteiger partial charge in [-0.1, -0.05) is 6.07 Å². The van der Waals surface area contributed by atoms with Crippen molar-refractivity contribution < 1.29 is 4.79 Å². The predicted octanol–water partition coefficient (Wildman–Crippen LogP) is 1.92. The quantitative estimate of drug-likeness (QED) is 0.807. The third-order valence-corrected chi connectivity index (χ3v) is 5.82. The van der Waals surface area contributed by atoms with Crippen LogP contribution in [0.4, 0.5) is 0 Å². The van der Waals surface area contributed by atoms with E-state index in [4.69, 9.17) is 0 Å². The molecule has 2 aliphatic heterocycles. The van der Waals surface area contributed by atoms with Crippen LogP contribution in [0.3, 0.4) is 0 Å². The van der Waals surface area contributed by atoms with E-state index in [-0.39, 0.29) is 24.8 Å². The first-order valence-electron chi connectivity index (χ1n) is 8.66. The highest BCUT2D eigenvalue weighted by molar-refractivity contribution is 7.09. The number of likely N-dealkylation sites (N-methyl/N-ethyl adjacent to an activating group) is 1. The molecule has 8 heteroatoms. The third-order valence-electron chi connectivity index (χ3n) is 4.96. The Hall–Kier alpha value is -0.370. The lowest BCUT2D eigenvalue weighted by molar-refractivity contribution is -0.134. The van der Waals surface area contributed by atoms with Gasteiger partial charge in [0.05, 0.1) is 6.54 Å². The number of piperazine rings is 1. The summed E-state index contributed by atoms with van der Waals surface area (Å²) in [6.45, 7) is 7.38. The van der Waals surface area contributed by atoms with Gasteiger partial charge in [-0.25, -0.2) is 0 Å². The number of thiophene rings is 1. The first-order valence-corrected chi connectivity index (χ1v) is 9.54. The second kappa shape index (κ2) is 11.4. The monoisotopic (exact) mass is 408 g/mol. The molecule has 1 unspecified atom stereocenters. The van der Waals surface area contributed by atoms with Crippen LogP contribution in [-0.4, -0.2) is 79.5 Å². The molecule has 0 radical (unpaired) electrons. The Morgan fingerprint density at radius 3 is 2.60 bits per heavy atom. The molecular formula is C17H30Cl2N4OS. The Morgan fingerprint density at radius 1 is 1.20 bits per heavy atom. The van der Waals surface area contributed by atoms with E-state index in [2.05, 4.69) is 32.6 Å². The summed E-state index contributed by atoms with van der Waals surface area (Å²) >= 11 is 1.81. The van der Waals surface area contributed by atoms with Crippen molar-refractivity contribution in [3.05, 3.63) is 22.4 Å². The SMILES string of the molecule is CNC1CCCN(CC(=O)N2CCN(Cc3cccs3)CC2)C1.Cl.Cl. The van der Waals surface area contributed by atoms with Crippen molar-refractivity contribution in [3.63, 3.8) is 0 Å². The maximum absolute atomic E-state index is 12.5. The van der Waals surface area contributed by atoms with Crippen LogP contribution in [-0.2, 0) is 11.3 Å². The molecule has 0 bridgehead atoms. The number of piperidine rings is 1. The Kier molecular flexibility index (Phi) is 10.3. The fourth-order valence-corrected chi connectivity index (χ4v) is 4.25. The minimum atomic E-state index is 0. The molecule has 2 aliphatic rings. The molecule has 1 N–H and O–H groups in total. The minimum Gasteiger partial charge on any atom is -0.339 e. The van der Waals surface area contributed by atoms with E-state index in [1.54, 1.807) is 0 Å². The number of hydrogen-bond donors (Lipinski definition) is 1. The van der Waals surface area contributed by atoms with Crippen molar-refractivity contribution >= 4 is 42.1 Å². The van der Waals surface area contributed by atoms with E-state index < -0.39 is 0 Å². The van der Waals surface area contributed by atoms with E-state index in [1.165, 1.54) is 17.7 Å². The fraction of sp³-hybridized carbons (Fsp3) is 0.706. The zero-order valence-electron chi connectivity index (χ0n) is 14.9. The van der Waals surface area contributed by atoms with E-state index >= 15 is 0 Å². The number of likely N-dealkylation sites (tertiary alicyclic amines) is 1. The number of amides is 1. The summed E-state index contributed by atoms with van der Waals surface area (Å²) in [5.74, 6) is 0.303. The summed E-state index contributed by atoms with van der Waals surface area (Å²) in [6, 6.07) is 4.84. The molecule has 2 saturated heterocycles. The van der Waals surface area contributed by atoms with Crippen LogP contribution in [0.5, 0.6) is 0 Å². The minimum absolute atomic E-state index is 0. The van der Waals surface area contributed by atoms with Gasteiger partial charge in [0.2, 0.25) is 5.91 Å². The zero-order chi connectivity index (χ0) is 16.1. The van der Waals surface area contributed by atoms with Gasteiger partial charge in [-0.15, -0.1) is 36.2 Å². The van der Waals surface area contributed by atoms with Gasteiger partial charge in [-0.2, -0.15) is 0 Å². The number of halogens is 2. The highest BCUT2D eigenvalue weighted by Gasteiger charge is 2.25. The summed E-state index contributed by atoms with van der Waals surface area (Å²) in [5.41, 5.74) is 0. The Bertz CT molecular complexity index is 495. The summed E-state index contributed by atoms with van der Waals surface area (Å²) in [5, 5.41) is 5.47. The summed E-state index contributed by atoms with van der Waals surface area (Å²) in [6.07, 6.45) is 2.41. The molecule has 25 heavy (non-hydrogen) atoms. The van der Waals surface area contributed by atoms with Gasteiger partial charge in [-0.05, 0) is 37.9 Å². The maximum Gasteiger partial charge on any atom is 0.236 e. The number of carbonyl (C=O) groups excluding carboxylic acids is 1. The summed E-state index contributed by atoms with van der Waals surface area (Å²) in [4.78, 5) is 20.8. The molecule has 1 atom stereocenters.